The van der Waals surface area contributed by atoms with Crippen molar-refractivity contribution in [2.45, 2.75) is 12.5 Å². The maximum atomic E-state index is 12.6. The zero-order chi connectivity index (χ0) is 12.0. The van der Waals surface area contributed by atoms with Gasteiger partial charge >= 0.3 is 5.97 Å². The number of hydrogen-bond donors (Lipinski definition) is 3. The topological polar surface area (TPSA) is 75.3 Å². The Morgan fingerprint density at radius 2 is 2.06 bits per heavy atom. The highest BCUT2D eigenvalue weighted by molar-refractivity contribution is 5.73. The molecule has 1 atom stereocenters. The number of aliphatic carboxylic acids is 1. The fourth-order valence-electron chi connectivity index (χ4n) is 1.23. The van der Waals surface area contributed by atoms with Crippen molar-refractivity contribution in [3.63, 3.8) is 0 Å². The first-order valence-electron chi connectivity index (χ1n) is 5.03. The SMILES string of the molecule is NC(CNCCc1ccc(F)cc1)C(=O)O. The van der Waals surface area contributed by atoms with Gasteiger partial charge in [-0.05, 0) is 30.7 Å². The first-order chi connectivity index (χ1) is 7.59. The monoisotopic (exact) mass is 226 g/mol. The van der Waals surface area contributed by atoms with Gasteiger partial charge in [-0.15, -0.1) is 0 Å². The lowest BCUT2D eigenvalue weighted by Gasteiger charge is -2.08. The molecule has 0 spiro atoms. The molecular formula is C11H15FN2O2. The van der Waals surface area contributed by atoms with Crippen LogP contribution in [0, 0.1) is 5.82 Å². The van der Waals surface area contributed by atoms with Crippen LogP contribution in [-0.2, 0) is 11.2 Å². The fraction of sp³-hybridized carbons (Fsp3) is 0.364. The number of nitrogens with two attached hydrogens (primary N) is 1. The van der Waals surface area contributed by atoms with Gasteiger partial charge in [0.25, 0.3) is 0 Å². The lowest BCUT2D eigenvalue weighted by atomic mass is 10.1. The normalized spacial score (nSPS) is 12.4. The second-order valence-electron chi connectivity index (χ2n) is 3.53. The Bertz CT molecular complexity index is 340. The third kappa shape index (κ3) is 4.37. The Morgan fingerprint density at radius 1 is 1.44 bits per heavy atom. The van der Waals surface area contributed by atoms with Crippen LogP contribution in [0.3, 0.4) is 0 Å². The van der Waals surface area contributed by atoms with Gasteiger partial charge in [-0.1, -0.05) is 12.1 Å². The number of carboxylic acids is 1. The number of rotatable bonds is 6. The summed E-state index contributed by atoms with van der Waals surface area (Å²) in [5.41, 5.74) is 6.30. The lowest BCUT2D eigenvalue weighted by molar-refractivity contribution is -0.138. The van der Waals surface area contributed by atoms with E-state index in [0.29, 0.717) is 13.0 Å². The van der Waals surface area contributed by atoms with Crippen molar-refractivity contribution < 1.29 is 14.3 Å². The molecule has 0 aliphatic carbocycles. The highest BCUT2D eigenvalue weighted by atomic mass is 19.1. The standard InChI is InChI=1S/C11H15FN2O2/c12-9-3-1-8(2-4-9)5-6-14-7-10(13)11(15)16/h1-4,10,14H,5-7,13H2,(H,15,16). The van der Waals surface area contributed by atoms with E-state index in [2.05, 4.69) is 5.32 Å². The fourth-order valence-corrected chi connectivity index (χ4v) is 1.23. The minimum atomic E-state index is -1.02. The van der Waals surface area contributed by atoms with Crippen LogP contribution in [0.2, 0.25) is 0 Å². The van der Waals surface area contributed by atoms with Crippen LogP contribution in [0.5, 0.6) is 0 Å². The van der Waals surface area contributed by atoms with Crippen molar-refractivity contribution in [3.05, 3.63) is 35.6 Å². The number of carbonyl (C=O) groups is 1. The molecule has 0 bridgehead atoms. The molecule has 5 heteroatoms. The Balaban J connectivity index is 2.21. The van der Waals surface area contributed by atoms with E-state index in [9.17, 15) is 9.18 Å². The van der Waals surface area contributed by atoms with E-state index in [1.807, 2.05) is 0 Å². The quantitative estimate of drug-likeness (QED) is 0.613. The Morgan fingerprint density at radius 3 is 2.62 bits per heavy atom. The number of benzene rings is 1. The van der Waals surface area contributed by atoms with E-state index < -0.39 is 12.0 Å². The van der Waals surface area contributed by atoms with Gasteiger partial charge in [0.15, 0.2) is 0 Å². The first kappa shape index (κ1) is 12.6. The third-order valence-corrected chi connectivity index (χ3v) is 2.19. The number of nitrogens with one attached hydrogen (secondary N) is 1. The van der Waals surface area contributed by atoms with Gasteiger partial charge in [0, 0.05) is 6.54 Å². The summed E-state index contributed by atoms with van der Waals surface area (Å²) in [4.78, 5) is 10.4. The van der Waals surface area contributed by atoms with Crippen LogP contribution in [0.1, 0.15) is 5.56 Å². The molecule has 1 aromatic carbocycles. The van der Waals surface area contributed by atoms with E-state index in [1.165, 1.54) is 12.1 Å². The second-order valence-corrected chi connectivity index (χ2v) is 3.53. The van der Waals surface area contributed by atoms with E-state index >= 15 is 0 Å². The van der Waals surface area contributed by atoms with Gasteiger partial charge in [0.1, 0.15) is 11.9 Å². The number of carboxylic acid groups (broad SMARTS) is 1. The molecule has 0 amide bonds. The largest absolute Gasteiger partial charge is 0.480 e. The van der Waals surface area contributed by atoms with E-state index in [4.69, 9.17) is 10.8 Å². The van der Waals surface area contributed by atoms with Crippen LogP contribution in [0.15, 0.2) is 24.3 Å². The number of halogens is 1. The molecule has 0 saturated heterocycles. The minimum Gasteiger partial charge on any atom is -0.480 e. The molecule has 0 aromatic heterocycles. The molecule has 1 rings (SSSR count). The van der Waals surface area contributed by atoms with Crippen molar-refractivity contribution in [3.8, 4) is 0 Å². The first-order valence-corrected chi connectivity index (χ1v) is 5.03. The van der Waals surface area contributed by atoms with Crippen LogP contribution >= 0.6 is 0 Å². The van der Waals surface area contributed by atoms with E-state index in [0.717, 1.165) is 5.56 Å². The molecule has 0 saturated carbocycles. The summed E-state index contributed by atoms with van der Waals surface area (Å²) in [6, 6.07) is 5.33. The zero-order valence-electron chi connectivity index (χ0n) is 8.82. The Labute approximate surface area is 93.3 Å². The maximum absolute atomic E-state index is 12.6. The average molecular weight is 226 g/mol. The summed E-state index contributed by atoms with van der Waals surface area (Å²) in [5, 5.41) is 11.5. The van der Waals surface area contributed by atoms with E-state index in [-0.39, 0.29) is 12.4 Å². The van der Waals surface area contributed by atoms with Crippen LogP contribution < -0.4 is 11.1 Å². The molecule has 0 aliphatic heterocycles. The molecule has 1 aromatic rings. The molecule has 16 heavy (non-hydrogen) atoms. The van der Waals surface area contributed by atoms with Gasteiger partial charge in [-0.2, -0.15) is 0 Å². The average Bonchev–Trinajstić information content (AvgIpc) is 2.26. The van der Waals surface area contributed by atoms with Crippen LogP contribution in [-0.4, -0.2) is 30.2 Å². The summed E-state index contributed by atoms with van der Waals surface area (Å²) >= 11 is 0. The number of hydrogen-bond acceptors (Lipinski definition) is 3. The molecular weight excluding hydrogens is 211 g/mol. The van der Waals surface area contributed by atoms with Gasteiger partial charge in [0.2, 0.25) is 0 Å². The Hall–Kier alpha value is -1.46. The van der Waals surface area contributed by atoms with Gasteiger partial charge in [-0.25, -0.2) is 4.39 Å². The molecule has 4 N–H and O–H groups in total. The van der Waals surface area contributed by atoms with Crippen molar-refractivity contribution in [1.29, 1.82) is 0 Å². The van der Waals surface area contributed by atoms with Gasteiger partial charge in [0.05, 0.1) is 0 Å². The van der Waals surface area contributed by atoms with Gasteiger partial charge < -0.3 is 16.2 Å². The van der Waals surface area contributed by atoms with Crippen molar-refractivity contribution in [2.24, 2.45) is 5.73 Å². The molecule has 0 aliphatic rings. The van der Waals surface area contributed by atoms with E-state index in [1.54, 1.807) is 12.1 Å². The maximum Gasteiger partial charge on any atom is 0.321 e. The van der Waals surface area contributed by atoms with Crippen molar-refractivity contribution in [1.82, 2.24) is 5.32 Å². The van der Waals surface area contributed by atoms with Crippen LogP contribution in [0.25, 0.3) is 0 Å². The Kier molecular flexibility index (Phi) is 4.88. The predicted octanol–water partition coefficient (Wildman–Crippen LogP) is 0.370. The van der Waals surface area contributed by atoms with Gasteiger partial charge in [-0.3, -0.25) is 4.79 Å². The van der Waals surface area contributed by atoms with Crippen LogP contribution in [0.4, 0.5) is 4.39 Å². The summed E-state index contributed by atoms with van der Waals surface area (Å²) < 4.78 is 12.6. The summed E-state index contributed by atoms with van der Waals surface area (Å²) in [5.74, 6) is -1.28. The summed E-state index contributed by atoms with van der Waals surface area (Å²) in [6.07, 6.45) is 0.715. The molecule has 4 nitrogen and oxygen atoms in total. The predicted molar refractivity (Wildman–Crippen MR) is 58.6 cm³/mol. The van der Waals surface area contributed by atoms with Crippen molar-refractivity contribution >= 4 is 5.97 Å². The molecule has 0 radical (unpaired) electrons. The smallest absolute Gasteiger partial charge is 0.321 e. The zero-order valence-corrected chi connectivity index (χ0v) is 8.82. The van der Waals surface area contributed by atoms with Crippen molar-refractivity contribution in [2.75, 3.05) is 13.1 Å². The minimum absolute atomic E-state index is 0.233. The highest BCUT2D eigenvalue weighted by Crippen LogP contribution is 2.02. The molecule has 1 unspecified atom stereocenters. The third-order valence-electron chi connectivity index (χ3n) is 2.19. The molecule has 88 valence electrons. The molecule has 0 heterocycles. The summed E-state index contributed by atoms with van der Waals surface area (Å²) in [6.45, 7) is 0.850. The summed E-state index contributed by atoms with van der Waals surface area (Å²) in [7, 11) is 0. The highest BCUT2D eigenvalue weighted by Gasteiger charge is 2.09. The molecule has 0 fully saturated rings. The lowest BCUT2D eigenvalue weighted by Crippen LogP contribution is -2.40. The second kappa shape index (κ2) is 6.19.